The molecule has 0 aromatic carbocycles. The SMILES string of the molecule is Cn1cnc(CCNc2ncc(Br)cc2N)n1. The van der Waals surface area contributed by atoms with Gasteiger partial charge in [-0.3, -0.25) is 4.68 Å². The number of hydrogen-bond donors (Lipinski definition) is 2. The van der Waals surface area contributed by atoms with E-state index in [9.17, 15) is 0 Å². The molecule has 0 unspecified atom stereocenters. The van der Waals surface area contributed by atoms with E-state index < -0.39 is 0 Å². The van der Waals surface area contributed by atoms with Crippen LogP contribution in [0.2, 0.25) is 0 Å². The zero-order chi connectivity index (χ0) is 12.3. The molecule has 0 aliphatic heterocycles. The minimum Gasteiger partial charge on any atom is -0.396 e. The second kappa shape index (κ2) is 5.13. The zero-order valence-electron chi connectivity index (χ0n) is 9.39. The monoisotopic (exact) mass is 296 g/mol. The number of aromatic nitrogens is 4. The number of nitrogen functional groups attached to an aromatic ring is 1. The molecule has 2 heterocycles. The maximum absolute atomic E-state index is 5.81. The van der Waals surface area contributed by atoms with Crippen LogP contribution in [-0.4, -0.2) is 26.3 Å². The van der Waals surface area contributed by atoms with E-state index in [1.165, 1.54) is 0 Å². The van der Waals surface area contributed by atoms with Crippen LogP contribution in [0.4, 0.5) is 11.5 Å². The Morgan fingerprint density at radius 1 is 1.47 bits per heavy atom. The van der Waals surface area contributed by atoms with E-state index >= 15 is 0 Å². The van der Waals surface area contributed by atoms with Gasteiger partial charge in [-0.05, 0) is 22.0 Å². The zero-order valence-corrected chi connectivity index (χ0v) is 11.0. The minimum atomic E-state index is 0.619. The van der Waals surface area contributed by atoms with Crippen LogP contribution in [0, 0.1) is 0 Å². The van der Waals surface area contributed by atoms with E-state index in [0.717, 1.165) is 16.7 Å². The van der Waals surface area contributed by atoms with Crippen molar-refractivity contribution >= 4 is 27.4 Å². The van der Waals surface area contributed by atoms with Crippen LogP contribution in [-0.2, 0) is 13.5 Å². The fourth-order valence-electron chi connectivity index (χ4n) is 1.39. The molecule has 6 nitrogen and oxygen atoms in total. The van der Waals surface area contributed by atoms with Gasteiger partial charge in [-0.25, -0.2) is 9.97 Å². The Labute approximate surface area is 107 Å². The van der Waals surface area contributed by atoms with Crippen molar-refractivity contribution in [2.75, 3.05) is 17.6 Å². The minimum absolute atomic E-state index is 0.619. The van der Waals surface area contributed by atoms with Gasteiger partial charge in [0.05, 0.1) is 5.69 Å². The van der Waals surface area contributed by atoms with Crippen molar-refractivity contribution in [2.45, 2.75) is 6.42 Å². The first-order chi connectivity index (χ1) is 8.15. The normalized spacial score (nSPS) is 10.5. The van der Waals surface area contributed by atoms with Gasteiger partial charge in [0.15, 0.2) is 5.82 Å². The molecule has 90 valence electrons. The van der Waals surface area contributed by atoms with Crippen molar-refractivity contribution in [3.8, 4) is 0 Å². The molecule has 0 bridgehead atoms. The highest BCUT2D eigenvalue weighted by atomic mass is 79.9. The Hall–Kier alpha value is -1.63. The van der Waals surface area contributed by atoms with E-state index in [1.807, 2.05) is 13.1 Å². The highest BCUT2D eigenvalue weighted by Gasteiger charge is 2.02. The lowest BCUT2D eigenvalue weighted by molar-refractivity contribution is 0.742. The average molecular weight is 297 g/mol. The summed E-state index contributed by atoms with van der Waals surface area (Å²) in [5.41, 5.74) is 6.43. The number of rotatable bonds is 4. The number of nitrogens with two attached hydrogens (primary N) is 1. The first-order valence-corrected chi connectivity index (χ1v) is 5.94. The van der Waals surface area contributed by atoms with Crippen LogP contribution in [0.15, 0.2) is 23.1 Å². The maximum Gasteiger partial charge on any atom is 0.152 e. The van der Waals surface area contributed by atoms with E-state index in [1.54, 1.807) is 17.2 Å². The Balaban J connectivity index is 1.90. The van der Waals surface area contributed by atoms with Crippen molar-refractivity contribution in [2.24, 2.45) is 7.05 Å². The third kappa shape index (κ3) is 3.16. The molecule has 0 saturated heterocycles. The third-order valence-electron chi connectivity index (χ3n) is 2.17. The number of pyridine rings is 1. The molecule has 2 rings (SSSR count). The predicted octanol–water partition coefficient (Wildman–Crippen LogP) is 1.21. The van der Waals surface area contributed by atoms with Crippen molar-refractivity contribution in [1.29, 1.82) is 0 Å². The Morgan fingerprint density at radius 2 is 2.29 bits per heavy atom. The van der Waals surface area contributed by atoms with Crippen LogP contribution in [0.3, 0.4) is 0 Å². The molecule has 7 heteroatoms. The summed E-state index contributed by atoms with van der Waals surface area (Å²) in [5.74, 6) is 1.49. The van der Waals surface area contributed by atoms with Crippen LogP contribution < -0.4 is 11.1 Å². The molecule has 0 spiro atoms. The molecule has 0 atom stereocenters. The van der Waals surface area contributed by atoms with Crippen LogP contribution in [0.1, 0.15) is 5.82 Å². The van der Waals surface area contributed by atoms with E-state index in [0.29, 0.717) is 18.1 Å². The fraction of sp³-hybridized carbons (Fsp3) is 0.300. The molecule has 0 fully saturated rings. The Morgan fingerprint density at radius 3 is 2.94 bits per heavy atom. The first-order valence-electron chi connectivity index (χ1n) is 5.14. The second-order valence-corrected chi connectivity index (χ2v) is 4.52. The Kier molecular flexibility index (Phi) is 3.58. The van der Waals surface area contributed by atoms with Crippen molar-refractivity contribution in [3.05, 3.63) is 28.9 Å². The molecule has 0 radical (unpaired) electrons. The summed E-state index contributed by atoms with van der Waals surface area (Å²) < 4.78 is 2.55. The summed E-state index contributed by atoms with van der Waals surface area (Å²) in [5, 5.41) is 7.34. The molecular formula is C10H13BrN6. The Bertz CT molecular complexity index is 509. The molecule has 3 N–H and O–H groups in total. The highest BCUT2D eigenvalue weighted by Crippen LogP contribution is 2.19. The molecule has 0 saturated carbocycles. The number of anilines is 2. The summed E-state index contributed by atoms with van der Waals surface area (Å²) >= 11 is 3.31. The van der Waals surface area contributed by atoms with Crippen LogP contribution >= 0.6 is 15.9 Å². The van der Waals surface area contributed by atoms with E-state index in [4.69, 9.17) is 5.73 Å². The van der Waals surface area contributed by atoms with Crippen LogP contribution in [0.5, 0.6) is 0 Å². The summed E-state index contributed by atoms with van der Waals surface area (Å²) in [6.45, 7) is 0.697. The average Bonchev–Trinajstić information content (AvgIpc) is 2.68. The largest absolute Gasteiger partial charge is 0.396 e. The van der Waals surface area contributed by atoms with Gasteiger partial charge in [-0.2, -0.15) is 5.10 Å². The molecule has 2 aromatic heterocycles. The lowest BCUT2D eigenvalue weighted by Gasteiger charge is -2.06. The number of aryl methyl sites for hydroxylation is 1. The van der Waals surface area contributed by atoms with Gasteiger partial charge in [0.2, 0.25) is 0 Å². The van der Waals surface area contributed by atoms with Gasteiger partial charge in [0, 0.05) is 30.7 Å². The number of halogens is 1. The molecule has 0 aliphatic carbocycles. The topological polar surface area (TPSA) is 81.7 Å². The first kappa shape index (κ1) is 11.8. The smallest absolute Gasteiger partial charge is 0.152 e. The van der Waals surface area contributed by atoms with Crippen molar-refractivity contribution < 1.29 is 0 Å². The molecular weight excluding hydrogens is 284 g/mol. The van der Waals surface area contributed by atoms with Crippen molar-refractivity contribution in [3.63, 3.8) is 0 Å². The molecule has 17 heavy (non-hydrogen) atoms. The summed E-state index contributed by atoms with van der Waals surface area (Å²) in [4.78, 5) is 8.32. The summed E-state index contributed by atoms with van der Waals surface area (Å²) in [7, 11) is 1.85. The van der Waals surface area contributed by atoms with Gasteiger partial charge in [-0.15, -0.1) is 0 Å². The van der Waals surface area contributed by atoms with Gasteiger partial charge >= 0.3 is 0 Å². The lowest BCUT2D eigenvalue weighted by atomic mass is 10.3. The van der Waals surface area contributed by atoms with Gasteiger partial charge < -0.3 is 11.1 Å². The standard InChI is InChI=1S/C10H13BrN6/c1-17-6-15-9(16-17)2-3-13-10-8(12)4-7(11)5-14-10/h4-6H,2-3,12H2,1H3,(H,13,14). The van der Waals surface area contributed by atoms with Gasteiger partial charge in [0.25, 0.3) is 0 Å². The lowest BCUT2D eigenvalue weighted by Crippen LogP contribution is -2.09. The maximum atomic E-state index is 5.81. The predicted molar refractivity (Wildman–Crippen MR) is 69.5 cm³/mol. The molecule has 2 aromatic rings. The van der Waals surface area contributed by atoms with Gasteiger partial charge in [0.1, 0.15) is 12.1 Å². The third-order valence-corrected chi connectivity index (χ3v) is 2.61. The van der Waals surface area contributed by atoms with Crippen LogP contribution in [0.25, 0.3) is 0 Å². The fourth-order valence-corrected chi connectivity index (χ4v) is 1.74. The second-order valence-electron chi connectivity index (χ2n) is 3.60. The van der Waals surface area contributed by atoms with E-state index in [2.05, 4.69) is 36.3 Å². The number of nitrogens with one attached hydrogen (secondary N) is 1. The highest BCUT2D eigenvalue weighted by molar-refractivity contribution is 9.10. The summed E-state index contributed by atoms with van der Waals surface area (Å²) in [6, 6.07) is 1.81. The number of hydrogen-bond acceptors (Lipinski definition) is 5. The van der Waals surface area contributed by atoms with Crippen molar-refractivity contribution in [1.82, 2.24) is 19.7 Å². The molecule has 0 aliphatic rings. The van der Waals surface area contributed by atoms with E-state index in [-0.39, 0.29) is 0 Å². The summed E-state index contributed by atoms with van der Waals surface area (Å²) in [6.07, 6.45) is 4.12. The quantitative estimate of drug-likeness (QED) is 0.886. The molecule has 0 amide bonds. The number of nitrogens with zero attached hydrogens (tertiary/aromatic N) is 4. The van der Waals surface area contributed by atoms with Gasteiger partial charge in [-0.1, -0.05) is 0 Å².